The van der Waals surface area contributed by atoms with Gasteiger partial charge in [0.2, 0.25) is 0 Å². The van der Waals surface area contributed by atoms with Crippen molar-refractivity contribution in [1.82, 2.24) is 5.32 Å². The maximum atomic E-state index is 10.00. The first-order valence-corrected chi connectivity index (χ1v) is 8.30. The van der Waals surface area contributed by atoms with Crippen LogP contribution in [0, 0.1) is 24.7 Å². The molecular weight excluding hydrogens is 262 g/mol. The average molecular weight is 289 g/mol. The number of rotatable bonds is 9. The Kier molecular flexibility index (Phi) is 4.81. The molecule has 0 aliphatic heterocycles. The molecule has 1 aromatic carbocycles. The monoisotopic (exact) mass is 289 g/mol. The molecule has 1 unspecified atom stereocenters. The van der Waals surface area contributed by atoms with Crippen molar-refractivity contribution in [2.75, 3.05) is 19.7 Å². The smallest absolute Gasteiger partial charge is 0.119 e. The minimum atomic E-state index is -0.439. The van der Waals surface area contributed by atoms with Crippen molar-refractivity contribution >= 4 is 0 Å². The van der Waals surface area contributed by atoms with Gasteiger partial charge in [-0.1, -0.05) is 17.7 Å². The predicted molar refractivity (Wildman–Crippen MR) is 84.5 cm³/mol. The molecule has 0 heterocycles. The highest BCUT2D eigenvalue weighted by Gasteiger charge is 2.40. The lowest BCUT2D eigenvalue weighted by atomic mass is 9.98. The van der Waals surface area contributed by atoms with E-state index in [0.717, 1.165) is 30.0 Å². The van der Waals surface area contributed by atoms with E-state index in [4.69, 9.17) is 4.74 Å². The van der Waals surface area contributed by atoms with E-state index in [9.17, 15) is 5.11 Å². The summed E-state index contributed by atoms with van der Waals surface area (Å²) in [5, 5.41) is 13.4. The molecule has 2 N–H and O–H groups in total. The Labute approximate surface area is 127 Å². The molecule has 1 aromatic rings. The summed E-state index contributed by atoms with van der Waals surface area (Å²) in [6.45, 7) is 4.10. The number of hydrogen-bond acceptors (Lipinski definition) is 3. The largest absolute Gasteiger partial charge is 0.491 e. The van der Waals surface area contributed by atoms with Gasteiger partial charge in [-0.15, -0.1) is 0 Å². The second kappa shape index (κ2) is 6.80. The number of aliphatic hydroxyl groups excluding tert-OH is 1. The second-order valence-electron chi connectivity index (χ2n) is 6.77. The fourth-order valence-corrected chi connectivity index (χ4v) is 3.07. The average Bonchev–Trinajstić information content (AvgIpc) is 3.37. The van der Waals surface area contributed by atoms with Gasteiger partial charge in [0.15, 0.2) is 0 Å². The van der Waals surface area contributed by atoms with Gasteiger partial charge in [-0.25, -0.2) is 0 Å². The lowest BCUT2D eigenvalue weighted by Gasteiger charge is -2.18. The summed E-state index contributed by atoms with van der Waals surface area (Å²) in [6.07, 6.45) is 5.23. The van der Waals surface area contributed by atoms with Crippen molar-refractivity contribution in [2.24, 2.45) is 17.8 Å². The first-order valence-electron chi connectivity index (χ1n) is 8.30. The van der Waals surface area contributed by atoms with Gasteiger partial charge in [-0.3, -0.25) is 0 Å². The molecule has 2 aliphatic carbocycles. The van der Waals surface area contributed by atoms with Crippen LogP contribution in [-0.4, -0.2) is 30.9 Å². The summed E-state index contributed by atoms with van der Waals surface area (Å²) in [6, 6.07) is 7.95. The zero-order valence-electron chi connectivity index (χ0n) is 12.9. The number of aryl methyl sites for hydroxylation is 1. The Morgan fingerprint density at radius 3 is 2.29 bits per heavy atom. The molecule has 0 spiro atoms. The maximum absolute atomic E-state index is 10.00. The van der Waals surface area contributed by atoms with Crippen LogP contribution in [0.1, 0.15) is 31.2 Å². The molecule has 0 amide bonds. The number of benzene rings is 1. The molecule has 0 bridgehead atoms. The van der Waals surface area contributed by atoms with Crippen LogP contribution in [0.15, 0.2) is 24.3 Å². The Morgan fingerprint density at radius 2 is 1.71 bits per heavy atom. The van der Waals surface area contributed by atoms with Gasteiger partial charge in [0.05, 0.1) is 0 Å². The Bertz CT molecular complexity index is 425. The SMILES string of the molecule is Cc1ccc(OCC(O)CNCC(C2CC2)C2CC2)cc1. The third-order valence-corrected chi connectivity index (χ3v) is 4.68. The number of aliphatic hydroxyl groups is 1. The topological polar surface area (TPSA) is 41.5 Å². The van der Waals surface area contributed by atoms with E-state index in [0.29, 0.717) is 13.2 Å². The third kappa shape index (κ3) is 4.72. The van der Waals surface area contributed by atoms with Crippen molar-refractivity contribution in [3.63, 3.8) is 0 Å². The molecule has 3 heteroatoms. The summed E-state index contributed by atoms with van der Waals surface area (Å²) in [5.74, 6) is 3.61. The van der Waals surface area contributed by atoms with Crippen LogP contribution in [0.2, 0.25) is 0 Å². The summed E-state index contributed by atoms with van der Waals surface area (Å²) < 4.78 is 5.61. The minimum Gasteiger partial charge on any atom is -0.491 e. The molecule has 3 nitrogen and oxygen atoms in total. The highest BCUT2D eigenvalue weighted by molar-refractivity contribution is 5.26. The van der Waals surface area contributed by atoms with Crippen molar-refractivity contribution in [1.29, 1.82) is 0 Å². The molecular formula is C18H27NO2. The Morgan fingerprint density at radius 1 is 1.10 bits per heavy atom. The van der Waals surface area contributed by atoms with Crippen LogP contribution >= 0.6 is 0 Å². The van der Waals surface area contributed by atoms with Crippen molar-refractivity contribution in [3.8, 4) is 5.75 Å². The van der Waals surface area contributed by atoms with Crippen molar-refractivity contribution in [2.45, 2.75) is 38.7 Å². The third-order valence-electron chi connectivity index (χ3n) is 4.68. The Balaban J connectivity index is 1.32. The number of ether oxygens (including phenoxy) is 1. The summed E-state index contributed by atoms with van der Waals surface area (Å²) in [5.41, 5.74) is 1.22. The quantitative estimate of drug-likeness (QED) is 0.734. The van der Waals surface area contributed by atoms with Crippen LogP contribution in [-0.2, 0) is 0 Å². The van der Waals surface area contributed by atoms with E-state index in [1.165, 1.54) is 31.2 Å². The molecule has 2 aliphatic rings. The van der Waals surface area contributed by atoms with Crippen LogP contribution in [0.5, 0.6) is 5.75 Å². The fraction of sp³-hybridized carbons (Fsp3) is 0.667. The van der Waals surface area contributed by atoms with Gasteiger partial charge in [-0.2, -0.15) is 0 Å². The van der Waals surface area contributed by atoms with E-state index in [2.05, 4.69) is 12.2 Å². The van der Waals surface area contributed by atoms with Gasteiger partial charge < -0.3 is 15.2 Å². The van der Waals surface area contributed by atoms with Crippen molar-refractivity contribution < 1.29 is 9.84 Å². The van der Waals surface area contributed by atoms with E-state index in [1.807, 2.05) is 24.3 Å². The minimum absolute atomic E-state index is 0.355. The Hall–Kier alpha value is -1.06. The predicted octanol–water partition coefficient (Wildman–Crippen LogP) is 2.76. The van der Waals surface area contributed by atoms with Crippen LogP contribution in [0.4, 0.5) is 0 Å². The lowest BCUT2D eigenvalue weighted by molar-refractivity contribution is 0.105. The zero-order chi connectivity index (χ0) is 14.7. The summed E-state index contributed by atoms with van der Waals surface area (Å²) in [4.78, 5) is 0. The molecule has 0 radical (unpaired) electrons. The summed E-state index contributed by atoms with van der Waals surface area (Å²) >= 11 is 0. The van der Waals surface area contributed by atoms with Gasteiger partial charge in [0.1, 0.15) is 18.5 Å². The summed E-state index contributed by atoms with van der Waals surface area (Å²) in [7, 11) is 0. The van der Waals surface area contributed by atoms with E-state index < -0.39 is 6.10 Å². The maximum Gasteiger partial charge on any atom is 0.119 e. The number of nitrogens with one attached hydrogen (secondary N) is 1. The molecule has 1 atom stereocenters. The molecule has 2 fully saturated rings. The standard InChI is InChI=1S/C18H27NO2/c1-13-2-8-17(9-3-13)21-12-16(20)10-19-11-18(14-4-5-14)15-6-7-15/h2-3,8-9,14-16,18-20H,4-7,10-12H2,1H3. The highest BCUT2D eigenvalue weighted by atomic mass is 16.5. The second-order valence-corrected chi connectivity index (χ2v) is 6.77. The molecule has 3 rings (SSSR count). The first-order chi connectivity index (χ1) is 10.2. The van der Waals surface area contributed by atoms with Gasteiger partial charge >= 0.3 is 0 Å². The van der Waals surface area contributed by atoms with Crippen LogP contribution < -0.4 is 10.1 Å². The van der Waals surface area contributed by atoms with Gasteiger partial charge in [0.25, 0.3) is 0 Å². The molecule has 2 saturated carbocycles. The van der Waals surface area contributed by atoms with Crippen LogP contribution in [0.25, 0.3) is 0 Å². The normalized spacial score (nSPS) is 19.8. The highest BCUT2D eigenvalue weighted by Crippen LogP contribution is 2.48. The molecule has 0 saturated heterocycles. The molecule has 21 heavy (non-hydrogen) atoms. The van der Waals surface area contributed by atoms with Gasteiger partial charge in [-0.05, 0) is 69.0 Å². The van der Waals surface area contributed by atoms with E-state index in [1.54, 1.807) is 0 Å². The van der Waals surface area contributed by atoms with E-state index in [-0.39, 0.29) is 0 Å². The fourth-order valence-electron chi connectivity index (χ4n) is 3.07. The van der Waals surface area contributed by atoms with Gasteiger partial charge in [0, 0.05) is 6.54 Å². The molecule has 116 valence electrons. The van der Waals surface area contributed by atoms with Crippen molar-refractivity contribution in [3.05, 3.63) is 29.8 Å². The first kappa shape index (κ1) is 14.9. The number of hydrogen-bond donors (Lipinski definition) is 2. The lowest BCUT2D eigenvalue weighted by Crippen LogP contribution is -2.35. The van der Waals surface area contributed by atoms with Crippen LogP contribution in [0.3, 0.4) is 0 Å². The molecule has 0 aromatic heterocycles. The van der Waals surface area contributed by atoms with E-state index >= 15 is 0 Å². The zero-order valence-corrected chi connectivity index (χ0v) is 12.9.